The van der Waals surface area contributed by atoms with Crippen LogP contribution >= 0.6 is 0 Å². The van der Waals surface area contributed by atoms with Crippen LogP contribution in [0.1, 0.15) is 106 Å². The maximum atomic E-state index is 12.8. The predicted molar refractivity (Wildman–Crippen MR) is 211 cm³/mol. The van der Waals surface area contributed by atoms with Gasteiger partial charge in [0.25, 0.3) is 0 Å². The molecule has 0 heterocycles. The van der Waals surface area contributed by atoms with Crippen molar-refractivity contribution in [3.05, 3.63) is 0 Å². The Bertz CT molecular complexity index is 994. The minimum Gasteiger partial charge on any atom is -0.396 e. The number of guanidine groups is 1. The van der Waals surface area contributed by atoms with Crippen molar-refractivity contribution in [2.45, 2.75) is 112 Å². The quantitative estimate of drug-likeness (QED) is 0.0347. The van der Waals surface area contributed by atoms with E-state index in [4.69, 9.17) is 36.1 Å². The van der Waals surface area contributed by atoms with Gasteiger partial charge in [0.2, 0.25) is 0 Å². The van der Waals surface area contributed by atoms with Crippen LogP contribution in [0.15, 0.2) is 4.99 Å². The standard InChI is InChI=1S/C42H80N4O6/c1-28(2)11-15-49-23-35-19-33(21-47)40(38(35)26-50-16-12-29(3)4)31-9-10-32(18-31)41-34(22-48)20-36(39(41)27-51-17-13-30(5)6)24-52-25-37(43)8-7-14-46-42(44)45/h22,28-41,47H,7-21,23-27,43H2,1-6H3,(H4,44,45,46)/t31?,32?,33-,34+,35+,36-,37-,38-,39+,40?,41?/m0/s1. The van der Waals surface area contributed by atoms with E-state index in [0.717, 1.165) is 97.2 Å². The van der Waals surface area contributed by atoms with Crippen molar-refractivity contribution >= 4 is 12.2 Å². The minimum atomic E-state index is -0.0813. The van der Waals surface area contributed by atoms with Gasteiger partial charge in [0.05, 0.1) is 19.8 Å². The van der Waals surface area contributed by atoms with Crippen molar-refractivity contribution in [1.29, 1.82) is 0 Å². The Hall–Kier alpha value is -1.30. The van der Waals surface area contributed by atoms with Crippen molar-refractivity contribution in [2.24, 2.45) is 99.1 Å². The van der Waals surface area contributed by atoms with Crippen LogP contribution in [-0.4, -0.2) is 89.4 Å². The number of hydrogen-bond acceptors (Lipinski definition) is 8. The molecule has 0 radical (unpaired) electrons. The second kappa shape index (κ2) is 24.3. The van der Waals surface area contributed by atoms with E-state index in [2.05, 4.69) is 46.5 Å². The largest absolute Gasteiger partial charge is 0.396 e. The van der Waals surface area contributed by atoms with Gasteiger partial charge < -0.3 is 46.0 Å². The van der Waals surface area contributed by atoms with Crippen molar-refractivity contribution in [1.82, 2.24) is 0 Å². The fourth-order valence-electron chi connectivity index (χ4n) is 9.75. The van der Waals surface area contributed by atoms with Crippen molar-refractivity contribution in [3.8, 4) is 0 Å². The van der Waals surface area contributed by atoms with Crippen LogP contribution in [0, 0.1) is 76.9 Å². The van der Waals surface area contributed by atoms with Gasteiger partial charge in [0.1, 0.15) is 6.29 Å². The van der Waals surface area contributed by atoms with E-state index in [9.17, 15) is 9.90 Å². The second-order valence-electron chi connectivity index (χ2n) is 18.1. The summed E-state index contributed by atoms with van der Waals surface area (Å²) in [6.07, 6.45) is 11.2. The molecule has 0 aliphatic heterocycles. The van der Waals surface area contributed by atoms with Gasteiger partial charge in [-0.3, -0.25) is 4.99 Å². The number of aliphatic imine (C=N–C) groups is 1. The molecule has 0 saturated heterocycles. The van der Waals surface area contributed by atoms with Crippen LogP contribution in [0.25, 0.3) is 0 Å². The van der Waals surface area contributed by atoms with Crippen molar-refractivity contribution in [3.63, 3.8) is 0 Å². The average Bonchev–Trinajstić information content (AvgIpc) is 3.80. The van der Waals surface area contributed by atoms with Gasteiger partial charge in [-0.15, -0.1) is 0 Å². The van der Waals surface area contributed by atoms with Gasteiger partial charge in [-0.25, -0.2) is 0 Å². The first-order valence-electron chi connectivity index (χ1n) is 21.1. The van der Waals surface area contributed by atoms with Crippen LogP contribution < -0.4 is 17.2 Å². The Morgan fingerprint density at radius 2 is 1.23 bits per heavy atom. The highest BCUT2D eigenvalue weighted by Crippen LogP contribution is 2.56. The summed E-state index contributed by atoms with van der Waals surface area (Å²) in [7, 11) is 0. The third-order valence-corrected chi connectivity index (χ3v) is 12.6. The highest BCUT2D eigenvalue weighted by Gasteiger charge is 2.52. The maximum Gasteiger partial charge on any atom is 0.185 e. The molecule has 10 heteroatoms. The van der Waals surface area contributed by atoms with E-state index in [1.54, 1.807) is 0 Å². The van der Waals surface area contributed by atoms with Gasteiger partial charge in [0.15, 0.2) is 5.96 Å². The third-order valence-electron chi connectivity index (χ3n) is 12.6. The molecule has 3 fully saturated rings. The number of aliphatic hydroxyl groups is 1. The summed E-state index contributed by atoms with van der Waals surface area (Å²) in [5.74, 6) is 5.22. The van der Waals surface area contributed by atoms with Gasteiger partial charge in [0, 0.05) is 58.1 Å². The first-order valence-corrected chi connectivity index (χ1v) is 21.1. The van der Waals surface area contributed by atoms with E-state index >= 15 is 0 Å². The molecule has 11 atom stereocenters. The lowest BCUT2D eigenvalue weighted by atomic mass is 9.73. The molecule has 0 aromatic heterocycles. The van der Waals surface area contributed by atoms with Crippen LogP contribution in [-0.2, 0) is 23.7 Å². The summed E-state index contributed by atoms with van der Waals surface area (Å²) in [4.78, 5) is 16.8. The molecule has 3 saturated carbocycles. The number of nitrogens with two attached hydrogens (primary N) is 3. The average molecular weight is 737 g/mol. The number of rotatable bonds is 27. The normalized spacial score (nSPS) is 31.3. The lowest BCUT2D eigenvalue weighted by Crippen LogP contribution is -2.33. The van der Waals surface area contributed by atoms with Crippen LogP contribution in [0.4, 0.5) is 0 Å². The molecule has 0 aromatic carbocycles. The minimum absolute atomic E-state index is 0.0128. The summed E-state index contributed by atoms with van der Waals surface area (Å²) in [5, 5.41) is 10.7. The number of aliphatic hydroxyl groups excluding tert-OH is 1. The fourth-order valence-corrected chi connectivity index (χ4v) is 9.75. The molecule has 10 nitrogen and oxygen atoms in total. The smallest absolute Gasteiger partial charge is 0.185 e. The fraction of sp³-hybridized carbons (Fsp3) is 0.952. The monoisotopic (exact) mass is 737 g/mol. The molecule has 0 spiro atoms. The summed E-state index contributed by atoms with van der Waals surface area (Å²) >= 11 is 0. The lowest BCUT2D eigenvalue weighted by molar-refractivity contribution is -0.113. The Labute approximate surface area is 317 Å². The molecule has 0 amide bonds. The molecule has 3 aliphatic carbocycles. The molecule has 4 unspecified atom stereocenters. The highest BCUT2D eigenvalue weighted by molar-refractivity contribution is 5.75. The second-order valence-corrected chi connectivity index (χ2v) is 18.1. The van der Waals surface area contributed by atoms with Crippen LogP contribution in [0.3, 0.4) is 0 Å². The molecule has 52 heavy (non-hydrogen) atoms. The summed E-state index contributed by atoms with van der Waals surface area (Å²) in [6.45, 7) is 19.8. The number of nitrogens with zero attached hydrogens (tertiary/aromatic N) is 1. The Morgan fingerprint density at radius 1 is 0.712 bits per heavy atom. The highest BCUT2D eigenvalue weighted by atomic mass is 16.5. The summed E-state index contributed by atoms with van der Waals surface area (Å²) in [6, 6.07) is -0.0813. The third kappa shape index (κ3) is 15.1. The summed E-state index contributed by atoms with van der Waals surface area (Å²) < 4.78 is 25.3. The zero-order valence-electron chi connectivity index (χ0n) is 34.0. The number of hydrogen-bond donors (Lipinski definition) is 4. The Kier molecular flexibility index (Phi) is 21.0. The molecule has 304 valence electrons. The predicted octanol–water partition coefficient (Wildman–Crippen LogP) is 5.92. The molecular formula is C42H80N4O6. The Balaban J connectivity index is 1.71. The van der Waals surface area contributed by atoms with E-state index in [1.807, 2.05) is 0 Å². The summed E-state index contributed by atoms with van der Waals surface area (Å²) in [5.41, 5.74) is 17.3. The number of ether oxygens (including phenoxy) is 4. The van der Waals surface area contributed by atoms with Crippen molar-refractivity contribution < 1.29 is 28.8 Å². The molecule has 3 rings (SSSR count). The van der Waals surface area contributed by atoms with E-state index in [0.29, 0.717) is 73.7 Å². The molecule has 0 bridgehead atoms. The Morgan fingerprint density at radius 3 is 1.77 bits per heavy atom. The zero-order chi connectivity index (χ0) is 38.0. The van der Waals surface area contributed by atoms with Gasteiger partial charge in [-0.05, 0) is 135 Å². The van der Waals surface area contributed by atoms with Crippen LogP contribution in [0.2, 0.25) is 0 Å². The van der Waals surface area contributed by atoms with Crippen molar-refractivity contribution in [2.75, 3.05) is 66.0 Å². The molecule has 3 aliphatic rings. The maximum absolute atomic E-state index is 12.8. The number of aldehydes is 1. The topological polar surface area (TPSA) is 165 Å². The zero-order valence-corrected chi connectivity index (χ0v) is 34.0. The molecule has 0 aromatic rings. The molecular weight excluding hydrogens is 656 g/mol. The first kappa shape index (κ1) is 45.1. The molecule has 7 N–H and O–H groups in total. The lowest BCUT2D eigenvalue weighted by Gasteiger charge is -2.34. The van der Waals surface area contributed by atoms with Gasteiger partial charge >= 0.3 is 0 Å². The first-order chi connectivity index (χ1) is 24.9. The van der Waals surface area contributed by atoms with E-state index < -0.39 is 0 Å². The van der Waals surface area contributed by atoms with Gasteiger partial charge in [-0.2, -0.15) is 0 Å². The van der Waals surface area contributed by atoms with Gasteiger partial charge in [-0.1, -0.05) is 41.5 Å². The SMILES string of the molecule is CC(C)CCOC[C@H]1C[C@@H](CO)C(C2CCC(C3[C@@H](C=O)C[C@@H](COC[C@@H](N)CCCN=C(N)N)[C@H]3COCCC(C)C)C2)[C@H]1COCCC(C)C. The number of carbonyl (C=O) groups excluding carboxylic acids is 1. The number of carbonyl (C=O) groups is 1. The van der Waals surface area contributed by atoms with Crippen LogP contribution in [0.5, 0.6) is 0 Å². The van der Waals surface area contributed by atoms with E-state index in [-0.39, 0.29) is 48.2 Å². The van der Waals surface area contributed by atoms with E-state index in [1.165, 1.54) is 6.29 Å².